The van der Waals surface area contributed by atoms with Gasteiger partial charge in [-0.2, -0.15) is 9.40 Å². The van der Waals surface area contributed by atoms with E-state index in [1.807, 2.05) is 0 Å². The number of rotatable bonds is 4. The number of nitrogens with zero attached hydrogens (tertiary/aromatic N) is 3. The quantitative estimate of drug-likeness (QED) is 0.803. The molecule has 9 heteroatoms. The highest BCUT2D eigenvalue weighted by Gasteiger charge is 2.22. The van der Waals surface area contributed by atoms with Gasteiger partial charge in [-0.05, 0) is 34.1 Å². The van der Waals surface area contributed by atoms with Gasteiger partial charge in [0.1, 0.15) is 12.2 Å². The molecular formula is C10H12BrN5O2S. The largest absolute Gasteiger partial charge is 0.398 e. The van der Waals surface area contributed by atoms with Crippen molar-refractivity contribution in [3.05, 3.63) is 34.8 Å². The van der Waals surface area contributed by atoms with Crippen molar-refractivity contribution >= 4 is 31.6 Å². The van der Waals surface area contributed by atoms with E-state index in [1.165, 1.54) is 29.8 Å². The lowest BCUT2D eigenvalue weighted by atomic mass is 10.3. The van der Waals surface area contributed by atoms with Crippen LogP contribution in [-0.2, 0) is 16.6 Å². The summed E-state index contributed by atoms with van der Waals surface area (Å²) in [7, 11) is -2.12. The normalized spacial score (nSPS) is 11.9. The molecule has 2 aromatic rings. The van der Waals surface area contributed by atoms with Gasteiger partial charge in [0.15, 0.2) is 0 Å². The monoisotopic (exact) mass is 345 g/mol. The second-order valence-electron chi connectivity index (χ2n) is 3.88. The van der Waals surface area contributed by atoms with Crippen molar-refractivity contribution < 1.29 is 8.42 Å². The second-order valence-corrected chi connectivity index (χ2v) is 6.78. The molecule has 19 heavy (non-hydrogen) atoms. The highest BCUT2D eigenvalue weighted by molar-refractivity contribution is 9.10. The van der Waals surface area contributed by atoms with Crippen molar-refractivity contribution in [2.45, 2.75) is 11.4 Å². The Bertz CT molecular complexity index is 671. The predicted molar refractivity (Wildman–Crippen MR) is 73.6 cm³/mol. The average Bonchev–Trinajstić information content (AvgIpc) is 2.85. The maximum Gasteiger partial charge on any atom is 0.243 e. The number of nitrogens with one attached hydrogen (secondary N) is 1. The summed E-state index contributed by atoms with van der Waals surface area (Å²) in [6.45, 7) is 0.115. The molecule has 0 bridgehead atoms. The van der Waals surface area contributed by atoms with E-state index in [0.717, 1.165) is 0 Å². The van der Waals surface area contributed by atoms with Crippen LogP contribution in [0.4, 0.5) is 5.69 Å². The van der Waals surface area contributed by atoms with Crippen LogP contribution in [0.5, 0.6) is 0 Å². The number of benzene rings is 1. The van der Waals surface area contributed by atoms with E-state index in [-0.39, 0.29) is 11.4 Å². The molecule has 0 aliphatic heterocycles. The second kappa shape index (κ2) is 5.27. The van der Waals surface area contributed by atoms with Crippen LogP contribution in [0.15, 0.2) is 33.9 Å². The molecule has 0 amide bonds. The first-order chi connectivity index (χ1) is 8.91. The number of sulfonamides is 1. The summed E-state index contributed by atoms with van der Waals surface area (Å²) in [6.07, 6.45) is 1.33. The Labute approximate surface area is 119 Å². The Kier molecular flexibility index (Phi) is 3.88. The molecule has 0 unspecified atom stereocenters. The van der Waals surface area contributed by atoms with E-state index in [0.29, 0.717) is 16.0 Å². The third-order valence-electron chi connectivity index (χ3n) is 2.52. The van der Waals surface area contributed by atoms with Gasteiger partial charge in [0.25, 0.3) is 0 Å². The molecular weight excluding hydrogens is 334 g/mol. The molecule has 0 saturated heterocycles. The Morgan fingerprint density at radius 3 is 2.79 bits per heavy atom. The van der Waals surface area contributed by atoms with Crippen LogP contribution in [-0.4, -0.2) is 35.0 Å². The van der Waals surface area contributed by atoms with E-state index >= 15 is 0 Å². The van der Waals surface area contributed by atoms with Crippen LogP contribution in [0.25, 0.3) is 0 Å². The molecule has 0 aliphatic carbocycles. The number of aromatic amines is 1. The molecule has 0 fully saturated rings. The molecule has 1 heterocycles. The summed E-state index contributed by atoms with van der Waals surface area (Å²) < 4.78 is 26.4. The summed E-state index contributed by atoms with van der Waals surface area (Å²) in [6, 6.07) is 4.48. The molecule has 102 valence electrons. The number of H-pyrrole nitrogens is 1. The third-order valence-corrected chi connectivity index (χ3v) is 5.00. The van der Waals surface area contributed by atoms with Crippen LogP contribution < -0.4 is 5.73 Å². The number of hydrogen-bond acceptors (Lipinski definition) is 5. The van der Waals surface area contributed by atoms with E-state index in [9.17, 15) is 8.42 Å². The Hall–Kier alpha value is -1.45. The first-order valence-corrected chi connectivity index (χ1v) is 7.50. The minimum Gasteiger partial charge on any atom is -0.398 e. The molecule has 0 saturated carbocycles. The molecule has 0 atom stereocenters. The van der Waals surface area contributed by atoms with E-state index in [4.69, 9.17) is 5.73 Å². The molecule has 0 aliphatic rings. The third kappa shape index (κ3) is 2.94. The Morgan fingerprint density at radius 1 is 1.47 bits per heavy atom. The summed E-state index contributed by atoms with van der Waals surface area (Å²) in [4.78, 5) is 4.06. The minimum absolute atomic E-state index is 0.115. The lowest BCUT2D eigenvalue weighted by molar-refractivity contribution is 0.457. The summed E-state index contributed by atoms with van der Waals surface area (Å²) in [5.74, 6) is 0.473. The number of hydrogen-bond donors (Lipinski definition) is 2. The van der Waals surface area contributed by atoms with Crippen molar-refractivity contribution in [3.63, 3.8) is 0 Å². The summed E-state index contributed by atoms with van der Waals surface area (Å²) in [5, 5.41) is 6.29. The lowest BCUT2D eigenvalue weighted by Gasteiger charge is -2.16. The summed E-state index contributed by atoms with van der Waals surface area (Å²) in [5.41, 5.74) is 6.12. The van der Waals surface area contributed by atoms with Crippen molar-refractivity contribution in [2.24, 2.45) is 0 Å². The number of halogens is 1. The Balaban J connectivity index is 2.28. The topological polar surface area (TPSA) is 105 Å². The van der Waals surface area contributed by atoms with Crippen LogP contribution in [0.1, 0.15) is 5.82 Å². The zero-order chi connectivity index (χ0) is 14.0. The van der Waals surface area contributed by atoms with Gasteiger partial charge in [-0.1, -0.05) is 0 Å². The SMILES string of the molecule is CN(Cc1ncn[nH]1)S(=O)(=O)c1ccc(N)c(Br)c1. The van der Waals surface area contributed by atoms with E-state index in [2.05, 4.69) is 31.1 Å². The van der Waals surface area contributed by atoms with Gasteiger partial charge in [-0.3, -0.25) is 5.10 Å². The first-order valence-electron chi connectivity index (χ1n) is 5.27. The highest BCUT2D eigenvalue weighted by atomic mass is 79.9. The minimum atomic E-state index is -3.59. The van der Waals surface area contributed by atoms with Crippen LogP contribution >= 0.6 is 15.9 Å². The maximum absolute atomic E-state index is 12.3. The van der Waals surface area contributed by atoms with Gasteiger partial charge in [-0.15, -0.1) is 0 Å². The number of aromatic nitrogens is 3. The molecule has 0 spiro atoms. The average molecular weight is 346 g/mol. The van der Waals surface area contributed by atoms with Crippen LogP contribution in [0, 0.1) is 0 Å². The predicted octanol–water partition coefficient (Wildman–Crippen LogP) is 0.970. The van der Waals surface area contributed by atoms with E-state index in [1.54, 1.807) is 6.07 Å². The van der Waals surface area contributed by atoms with Gasteiger partial charge in [0.2, 0.25) is 10.0 Å². The first kappa shape index (κ1) is 14.0. The lowest BCUT2D eigenvalue weighted by Crippen LogP contribution is -2.27. The van der Waals surface area contributed by atoms with Crippen molar-refractivity contribution in [2.75, 3.05) is 12.8 Å². The van der Waals surface area contributed by atoms with Gasteiger partial charge in [-0.25, -0.2) is 13.4 Å². The zero-order valence-corrected chi connectivity index (χ0v) is 12.4. The standard InChI is InChI=1S/C10H12BrN5O2S/c1-16(5-10-13-6-14-15-10)19(17,18)7-2-3-9(12)8(11)4-7/h2-4,6H,5,12H2,1H3,(H,13,14,15). The summed E-state index contributed by atoms with van der Waals surface area (Å²) >= 11 is 3.21. The fourth-order valence-electron chi connectivity index (χ4n) is 1.45. The fourth-order valence-corrected chi connectivity index (χ4v) is 3.14. The van der Waals surface area contributed by atoms with Gasteiger partial charge in [0, 0.05) is 17.2 Å². The Morgan fingerprint density at radius 2 is 2.21 bits per heavy atom. The molecule has 3 N–H and O–H groups in total. The smallest absolute Gasteiger partial charge is 0.243 e. The van der Waals surface area contributed by atoms with Crippen LogP contribution in [0.3, 0.4) is 0 Å². The molecule has 7 nitrogen and oxygen atoms in total. The molecule has 2 rings (SSSR count). The fraction of sp³-hybridized carbons (Fsp3) is 0.200. The zero-order valence-electron chi connectivity index (χ0n) is 10.0. The van der Waals surface area contributed by atoms with Crippen LogP contribution in [0.2, 0.25) is 0 Å². The number of anilines is 1. The molecule has 1 aromatic heterocycles. The van der Waals surface area contributed by atoms with Gasteiger partial charge >= 0.3 is 0 Å². The maximum atomic E-state index is 12.3. The van der Waals surface area contributed by atoms with E-state index < -0.39 is 10.0 Å². The van der Waals surface area contributed by atoms with Gasteiger partial charge in [0.05, 0.1) is 11.4 Å². The highest BCUT2D eigenvalue weighted by Crippen LogP contribution is 2.25. The number of nitrogen functional groups attached to an aromatic ring is 1. The number of nitrogens with two attached hydrogens (primary N) is 1. The molecule has 1 aromatic carbocycles. The van der Waals surface area contributed by atoms with Crippen molar-refractivity contribution in [1.82, 2.24) is 19.5 Å². The van der Waals surface area contributed by atoms with Crippen molar-refractivity contribution in [3.8, 4) is 0 Å². The molecule has 0 radical (unpaired) electrons. The van der Waals surface area contributed by atoms with Crippen molar-refractivity contribution in [1.29, 1.82) is 0 Å². The van der Waals surface area contributed by atoms with Gasteiger partial charge < -0.3 is 5.73 Å².